The Balaban J connectivity index is 1.37. The Hall–Kier alpha value is -3.40. The molecule has 2 heterocycles. The molecule has 2 fully saturated rings. The summed E-state index contributed by atoms with van der Waals surface area (Å²) in [6.07, 6.45) is 0.188. The molecule has 29 heavy (non-hydrogen) atoms. The maximum absolute atomic E-state index is 13.1. The van der Waals surface area contributed by atoms with Crippen LogP contribution in [-0.4, -0.2) is 49.4 Å². The summed E-state index contributed by atoms with van der Waals surface area (Å²) in [5, 5.41) is 9.06. The molecule has 0 bridgehead atoms. The molecule has 0 N–H and O–H groups in total. The van der Waals surface area contributed by atoms with E-state index in [1.807, 2.05) is 4.90 Å². The monoisotopic (exact) mass is 392 g/mol. The quantitative estimate of drug-likeness (QED) is 0.805. The van der Waals surface area contributed by atoms with Gasteiger partial charge in [0, 0.05) is 50.5 Å². The number of amides is 2. The number of nitriles is 1. The number of anilines is 2. The molecular weight excluding hydrogens is 371 g/mol. The molecule has 0 aromatic heterocycles. The summed E-state index contributed by atoms with van der Waals surface area (Å²) in [6.45, 7) is 2.83. The summed E-state index contributed by atoms with van der Waals surface area (Å²) in [7, 11) is 0. The summed E-state index contributed by atoms with van der Waals surface area (Å²) in [5.74, 6) is -0.733. The Bertz CT molecular complexity index is 962. The minimum absolute atomic E-state index is 0.00366. The van der Waals surface area contributed by atoms with Gasteiger partial charge in [-0.2, -0.15) is 5.26 Å². The van der Waals surface area contributed by atoms with Gasteiger partial charge < -0.3 is 14.7 Å². The molecule has 1 unspecified atom stereocenters. The second kappa shape index (κ2) is 7.92. The zero-order chi connectivity index (χ0) is 20.4. The Kier molecular flexibility index (Phi) is 5.17. The SMILES string of the molecule is N#Cc1cccc(N2CC(C(=O)N3CCN(c4ccc(F)cc4)CC3)CC2=O)c1. The van der Waals surface area contributed by atoms with Crippen LogP contribution in [0.3, 0.4) is 0 Å². The minimum Gasteiger partial charge on any atom is -0.368 e. The number of benzene rings is 2. The van der Waals surface area contributed by atoms with E-state index in [-0.39, 0.29) is 30.0 Å². The normalized spacial score (nSPS) is 19.4. The van der Waals surface area contributed by atoms with Crippen molar-refractivity contribution in [2.75, 3.05) is 42.5 Å². The lowest BCUT2D eigenvalue weighted by molar-refractivity contribution is -0.136. The van der Waals surface area contributed by atoms with Gasteiger partial charge in [0.25, 0.3) is 0 Å². The number of halogens is 1. The molecule has 2 aliphatic heterocycles. The zero-order valence-electron chi connectivity index (χ0n) is 15.9. The van der Waals surface area contributed by atoms with Crippen LogP contribution in [0, 0.1) is 23.1 Å². The van der Waals surface area contributed by atoms with Crippen molar-refractivity contribution in [2.24, 2.45) is 5.92 Å². The smallest absolute Gasteiger partial charge is 0.228 e. The van der Waals surface area contributed by atoms with E-state index in [2.05, 4.69) is 11.0 Å². The van der Waals surface area contributed by atoms with Crippen molar-refractivity contribution in [1.29, 1.82) is 5.26 Å². The molecule has 1 atom stereocenters. The second-order valence-electron chi connectivity index (χ2n) is 7.36. The summed E-state index contributed by atoms with van der Waals surface area (Å²) in [5.41, 5.74) is 2.09. The van der Waals surface area contributed by atoms with Crippen LogP contribution in [0.2, 0.25) is 0 Å². The van der Waals surface area contributed by atoms with Crippen LogP contribution < -0.4 is 9.80 Å². The van der Waals surface area contributed by atoms with Crippen LogP contribution in [0.15, 0.2) is 48.5 Å². The average molecular weight is 392 g/mol. The van der Waals surface area contributed by atoms with E-state index in [9.17, 15) is 14.0 Å². The Morgan fingerprint density at radius 1 is 1.03 bits per heavy atom. The summed E-state index contributed by atoms with van der Waals surface area (Å²) in [6, 6.07) is 15.3. The van der Waals surface area contributed by atoms with E-state index in [4.69, 9.17) is 5.26 Å². The summed E-state index contributed by atoms with van der Waals surface area (Å²) in [4.78, 5) is 31.0. The predicted octanol–water partition coefficient (Wildman–Crippen LogP) is 2.40. The van der Waals surface area contributed by atoms with E-state index in [1.165, 1.54) is 12.1 Å². The molecule has 2 aromatic rings. The minimum atomic E-state index is -0.370. The number of piperazine rings is 1. The molecule has 148 valence electrons. The first-order valence-corrected chi connectivity index (χ1v) is 9.65. The van der Waals surface area contributed by atoms with Gasteiger partial charge in [0.2, 0.25) is 11.8 Å². The fraction of sp³-hybridized carbons (Fsp3) is 0.318. The largest absolute Gasteiger partial charge is 0.368 e. The highest BCUT2D eigenvalue weighted by Crippen LogP contribution is 2.27. The van der Waals surface area contributed by atoms with Gasteiger partial charge in [0.1, 0.15) is 5.82 Å². The van der Waals surface area contributed by atoms with Crippen molar-refractivity contribution in [3.8, 4) is 6.07 Å². The van der Waals surface area contributed by atoms with Gasteiger partial charge >= 0.3 is 0 Å². The van der Waals surface area contributed by atoms with Crippen LogP contribution in [0.4, 0.5) is 15.8 Å². The highest BCUT2D eigenvalue weighted by molar-refractivity contribution is 6.00. The third-order valence-corrected chi connectivity index (χ3v) is 5.54. The van der Waals surface area contributed by atoms with Gasteiger partial charge in [-0.1, -0.05) is 6.07 Å². The molecule has 0 aliphatic carbocycles. The van der Waals surface area contributed by atoms with Crippen molar-refractivity contribution >= 4 is 23.2 Å². The lowest BCUT2D eigenvalue weighted by atomic mass is 10.1. The maximum Gasteiger partial charge on any atom is 0.228 e. The van der Waals surface area contributed by atoms with Gasteiger partial charge in [-0.25, -0.2) is 4.39 Å². The molecular formula is C22H21FN4O2. The van der Waals surface area contributed by atoms with E-state index in [0.717, 1.165) is 5.69 Å². The molecule has 6 nitrogen and oxygen atoms in total. The predicted molar refractivity (Wildman–Crippen MR) is 107 cm³/mol. The van der Waals surface area contributed by atoms with Crippen molar-refractivity contribution < 1.29 is 14.0 Å². The van der Waals surface area contributed by atoms with Crippen LogP contribution >= 0.6 is 0 Å². The average Bonchev–Trinajstić information content (AvgIpc) is 3.15. The zero-order valence-corrected chi connectivity index (χ0v) is 15.9. The van der Waals surface area contributed by atoms with Crippen molar-refractivity contribution in [2.45, 2.75) is 6.42 Å². The Labute approximate surface area is 168 Å². The Morgan fingerprint density at radius 3 is 2.45 bits per heavy atom. The number of hydrogen-bond acceptors (Lipinski definition) is 4. The molecule has 2 aliphatic rings. The highest BCUT2D eigenvalue weighted by Gasteiger charge is 2.38. The maximum atomic E-state index is 13.1. The molecule has 0 radical (unpaired) electrons. The first kappa shape index (κ1) is 18.9. The molecule has 0 spiro atoms. The molecule has 2 amide bonds. The second-order valence-corrected chi connectivity index (χ2v) is 7.36. The molecule has 0 saturated carbocycles. The van der Waals surface area contributed by atoms with Crippen molar-refractivity contribution in [3.63, 3.8) is 0 Å². The van der Waals surface area contributed by atoms with Crippen molar-refractivity contribution in [3.05, 3.63) is 59.9 Å². The van der Waals surface area contributed by atoms with Crippen molar-refractivity contribution in [1.82, 2.24) is 4.90 Å². The first-order chi connectivity index (χ1) is 14.0. The summed E-state index contributed by atoms with van der Waals surface area (Å²) < 4.78 is 13.1. The fourth-order valence-corrected chi connectivity index (χ4v) is 3.96. The number of nitrogens with zero attached hydrogens (tertiary/aromatic N) is 4. The number of rotatable bonds is 3. The van der Waals surface area contributed by atoms with Gasteiger partial charge in [-0.3, -0.25) is 9.59 Å². The third-order valence-electron chi connectivity index (χ3n) is 5.54. The molecule has 4 rings (SSSR count). The lowest BCUT2D eigenvalue weighted by Gasteiger charge is -2.37. The van der Waals surface area contributed by atoms with E-state index < -0.39 is 0 Å². The number of carbonyl (C=O) groups is 2. The molecule has 2 saturated heterocycles. The topological polar surface area (TPSA) is 67.7 Å². The van der Waals surface area contributed by atoms with E-state index >= 15 is 0 Å². The van der Waals surface area contributed by atoms with E-state index in [0.29, 0.717) is 44.0 Å². The highest BCUT2D eigenvalue weighted by atomic mass is 19.1. The van der Waals surface area contributed by atoms with Crippen LogP contribution in [0.5, 0.6) is 0 Å². The van der Waals surface area contributed by atoms with Gasteiger partial charge in [0.05, 0.1) is 17.6 Å². The fourth-order valence-electron chi connectivity index (χ4n) is 3.96. The molecule has 2 aromatic carbocycles. The number of carbonyl (C=O) groups excluding carboxylic acids is 2. The van der Waals surface area contributed by atoms with E-state index in [1.54, 1.807) is 41.3 Å². The van der Waals surface area contributed by atoms with Crippen LogP contribution in [-0.2, 0) is 9.59 Å². The molecule has 7 heteroatoms. The summed E-state index contributed by atoms with van der Waals surface area (Å²) >= 11 is 0. The first-order valence-electron chi connectivity index (χ1n) is 9.65. The van der Waals surface area contributed by atoms with Gasteiger partial charge in [0.15, 0.2) is 0 Å². The van der Waals surface area contributed by atoms with Crippen LogP contribution in [0.1, 0.15) is 12.0 Å². The van der Waals surface area contributed by atoms with Gasteiger partial charge in [-0.15, -0.1) is 0 Å². The Morgan fingerprint density at radius 2 is 1.76 bits per heavy atom. The van der Waals surface area contributed by atoms with Crippen LogP contribution in [0.25, 0.3) is 0 Å². The third kappa shape index (κ3) is 3.92. The number of hydrogen-bond donors (Lipinski definition) is 0. The lowest BCUT2D eigenvalue weighted by Crippen LogP contribution is -2.50. The van der Waals surface area contributed by atoms with Gasteiger partial charge in [-0.05, 0) is 42.5 Å². The standard InChI is InChI=1S/C22H21FN4O2/c23-18-4-6-19(7-5-18)25-8-10-26(11-9-25)22(29)17-13-21(28)27(15-17)20-3-1-2-16(12-20)14-24/h1-7,12,17H,8-11,13,15H2.